The Morgan fingerprint density at radius 1 is 0.914 bits per heavy atom. The number of hydrogen-bond acceptors (Lipinski definition) is 5. The van der Waals surface area contributed by atoms with Crippen LogP contribution in [0.15, 0.2) is 77.9 Å². The van der Waals surface area contributed by atoms with Crippen LogP contribution in [0.1, 0.15) is 22.3 Å². The molecule has 0 aliphatic heterocycles. The average Bonchev–Trinajstić information content (AvgIpc) is 2.86. The summed E-state index contributed by atoms with van der Waals surface area (Å²) in [5, 5.41) is 9.19. The molecule has 0 bridgehead atoms. The van der Waals surface area contributed by atoms with Crippen LogP contribution in [0.4, 0.5) is 5.69 Å². The Morgan fingerprint density at radius 3 is 2.37 bits per heavy atom. The van der Waals surface area contributed by atoms with Gasteiger partial charge in [-0.15, -0.1) is 0 Å². The zero-order valence-corrected chi connectivity index (χ0v) is 19.7. The van der Waals surface area contributed by atoms with Crippen molar-refractivity contribution >= 4 is 29.6 Å². The monoisotopic (exact) mass is 472 g/mol. The molecule has 180 valence electrons. The molecule has 0 radical (unpaired) electrons. The Bertz CT molecular complexity index is 1190. The summed E-state index contributed by atoms with van der Waals surface area (Å²) in [5.41, 5.74) is 6.82. The zero-order valence-electron chi connectivity index (χ0n) is 19.7. The highest BCUT2D eigenvalue weighted by atomic mass is 16.5. The molecule has 3 aromatic carbocycles. The highest BCUT2D eigenvalue weighted by Gasteiger charge is 2.11. The first kappa shape index (κ1) is 25.2. The molecule has 8 heteroatoms. The molecule has 3 N–H and O–H groups in total. The Hall–Kier alpha value is -4.46. The molecule has 0 aliphatic rings. The van der Waals surface area contributed by atoms with E-state index in [-0.39, 0.29) is 12.5 Å². The van der Waals surface area contributed by atoms with E-state index >= 15 is 0 Å². The largest absolute Gasteiger partial charge is 0.484 e. The van der Waals surface area contributed by atoms with E-state index in [1.54, 1.807) is 24.3 Å². The molecular weight excluding hydrogens is 444 g/mol. The standard InChI is InChI=1S/C27H28N4O4/c1-19-8-13-24(20(2)16-19)30-25(32)18-35-23-11-9-22(10-12-23)17-29-31-27(34)26(33)28-15-14-21-6-4-3-5-7-21/h3-13,16-17H,14-15,18H2,1-2H3,(H,28,33)(H,30,32)(H,31,34)/b29-17-. The average molecular weight is 473 g/mol. The third kappa shape index (κ3) is 8.43. The van der Waals surface area contributed by atoms with Crippen LogP contribution in [-0.2, 0) is 20.8 Å². The smallest absolute Gasteiger partial charge is 0.329 e. The molecule has 3 aromatic rings. The van der Waals surface area contributed by atoms with Crippen LogP contribution in [0.5, 0.6) is 5.75 Å². The van der Waals surface area contributed by atoms with Crippen molar-refractivity contribution in [2.45, 2.75) is 20.3 Å². The van der Waals surface area contributed by atoms with Gasteiger partial charge in [-0.2, -0.15) is 5.10 Å². The topological polar surface area (TPSA) is 109 Å². The predicted molar refractivity (Wildman–Crippen MR) is 135 cm³/mol. The van der Waals surface area contributed by atoms with Gasteiger partial charge in [0.05, 0.1) is 6.21 Å². The van der Waals surface area contributed by atoms with E-state index in [0.29, 0.717) is 24.3 Å². The van der Waals surface area contributed by atoms with Crippen molar-refractivity contribution in [1.82, 2.24) is 10.7 Å². The maximum Gasteiger partial charge on any atom is 0.329 e. The molecule has 0 spiro atoms. The van der Waals surface area contributed by atoms with Crippen LogP contribution in [0.25, 0.3) is 0 Å². The fraction of sp³-hybridized carbons (Fsp3) is 0.185. The SMILES string of the molecule is Cc1ccc(NC(=O)COc2ccc(/C=N\NC(=O)C(=O)NCCc3ccccc3)cc2)c(C)c1. The van der Waals surface area contributed by atoms with E-state index in [9.17, 15) is 14.4 Å². The molecule has 8 nitrogen and oxygen atoms in total. The number of anilines is 1. The van der Waals surface area contributed by atoms with Gasteiger partial charge in [0.25, 0.3) is 5.91 Å². The number of carbonyl (C=O) groups is 3. The van der Waals surface area contributed by atoms with Gasteiger partial charge in [-0.05, 0) is 67.3 Å². The number of ether oxygens (including phenoxy) is 1. The van der Waals surface area contributed by atoms with Gasteiger partial charge in [0.2, 0.25) is 0 Å². The number of nitrogens with one attached hydrogen (secondary N) is 3. The first-order chi connectivity index (χ1) is 16.9. The van der Waals surface area contributed by atoms with Crippen molar-refractivity contribution in [1.29, 1.82) is 0 Å². The lowest BCUT2D eigenvalue weighted by atomic mass is 10.1. The number of hydrogen-bond donors (Lipinski definition) is 3. The van der Waals surface area contributed by atoms with Crippen molar-refractivity contribution in [3.63, 3.8) is 0 Å². The third-order valence-corrected chi connectivity index (χ3v) is 5.03. The van der Waals surface area contributed by atoms with Gasteiger partial charge in [-0.25, -0.2) is 5.43 Å². The number of amides is 3. The Labute approximate surface area is 204 Å². The second-order valence-electron chi connectivity index (χ2n) is 7.91. The van der Waals surface area contributed by atoms with E-state index < -0.39 is 11.8 Å². The fourth-order valence-electron chi connectivity index (χ4n) is 3.20. The van der Waals surface area contributed by atoms with Gasteiger partial charge in [-0.3, -0.25) is 14.4 Å². The first-order valence-electron chi connectivity index (χ1n) is 11.2. The van der Waals surface area contributed by atoms with Gasteiger partial charge in [0.1, 0.15) is 5.75 Å². The lowest BCUT2D eigenvalue weighted by molar-refractivity contribution is -0.139. The van der Waals surface area contributed by atoms with Gasteiger partial charge in [0, 0.05) is 12.2 Å². The molecule has 0 aromatic heterocycles. The van der Waals surface area contributed by atoms with Crippen molar-refractivity contribution in [3.8, 4) is 5.75 Å². The summed E-state index contributed by atoms with van der Waals surface area (Å²) in [5.74, 6) is -1.34. The van der Waals surface area contributed by atoms with Gasteiger partial charge < -0.3 is 15.4 Å². The van der Waals surface area contributed by atoms with Crippen molar-refractivity contribution in [2.75, 3.05) is 18.5 Å². The lowest BCUT2D eigenvalue weighted by Gasteiger charge is -2.10. The number of benzene rings is 3. The molecular formula is C27H28N4O4. The number of aryl methyl sites for hydroxylation is 2. The summed E-state index contributed by atoms with van der Waals surface area (Å²) in [7, 11) is 0. The van der Waals surface area contributed by atoms with E-state index in [1.165, 1.54) is 6.21 Å². The summed E-state index contributed by atoms with van der Waals surface area (Å²) in [6, 6.07) is 22.3. The van der Waals surface area contributed by atoms with Crippen molar-refractivity contribution in [2.24, 2.45) is 5.10 Å². The summed E-state index contributed by atoms with van der Waals surface area (Å²) in [6.07, 6.45) is 2.04. The number of nitrogens with zero attached hydrogens (tertiary/aromatic N) is 1. The van der Waals surface area contributed by atoms with Crippen molar-refractivity contribution < 1.29 is 19.1 Å². The minimum atomic E-state index is -0.843. The summed E-state index contributed by atoms with van der Waals surface area (Å²) < 4.78 is 5.52. The van der Waals surface area contributed by atoms with Crippen LogP contribution in [-0.4, -0.2) is 37.1 Å². The van der Waals surface area contributed by atoms with Crippen LogP contribution >= 0.6 is 0 Å². The Kier molecular flexibility index (Phi) is 9.13. The number of rotatable bonds is 9. The zero-order chi connectivity index (χ0) is 25.0. The second-order valence-corrected chi connectivity index (χ2v) is 7.91. The van der Waals surface area contributed by atoms with E-state index in [4.69, 9.17) is 4.74 Å². The minimum absolute atomic E-state index is 0.129. The molecule has 0 saturated carbocycles. The molecule has 0 aliphatic carbocycles. The molecule has 0 atom stereocenters. The predicted octanol–water partition coefficient (Wildman–Crippen LogP) is 3.13. The third-order valence-electron chi connectivity index (χ3n) is 5.03. The maximum atomic E-state index is 12.2. The normalized spacial score (nSPS) is 10.6. The quantitative estimate of drug-likeness (QED) is 0.253. The Balaban J connectivity index is 1.38. The highest BCUT2D eigenvalue weighted by molar-refractivity contribution is 6.35. The first-order valence-corrected chi connectivity index (χ1v) is 11.2. The van der Waals surface area contributed by atoms with E-state index in [0.717, 1.165) is 22.4 Å². The summed E-state index contributed by atoms with van der Waals surface area (Å²) >= 11 is 0. The van der Waals surface area contributed by atoms with Gasteiger partial charge >= 0.3 is 11.8 Å². The second kappa shape index (κ2) is 12.7. The van der Waals surface area contributed by atoms with Crippen LogP contribution in [0, 0.1) is 13.8 Å². The minimum Gasteiger partial charge on any atom is -0.484 e. The Morgan fingerprint density at radius 2 is 1.66 bits per heavy atom. The van der Waals surface area contributed by atoms with Crippen LogP contribution < -0.4 is 20.8 Å². The highest BCUT2D eigenvalue weighted by Crippen LogP contribution is 2.16. The lowest BCUT2D eigenvalue weighted by Crippen LogP contribution is -2.38. The summed E-state index contributed by atoms with van der Waals surface area (Å²) in [4.78, 5) is 35.9. The maximum absolute atomic E-state index is 12.2. The molecule has 3 amide bonds. The molecule has 0 fully saturated rings. The van der Waals surface area contributed by atoms with E-state index in [2.05, 4.69) is 21.2 Å². The molecule has 35 heavy (non-hydrogen) atoms. The number of hydrazone groups is 1. The van der Waals surface area contributed by atoms with Crippen LogP contribution in [0.2, 0.25) is 0 Å². The molecule has 0 saturated heterocycles. The van der Waals surface area contributed by atoms with Crippen molar-refractivity contribution in [3.05, 3.63) is 95.1 Å². The summed E-state index contributed by atoms with van der Waals surface area (Å²) in [6.45, 7) is 4.15. The molecule has 0 heterocycles. The van der Waals surface area contributed by atoms with Crippen LogP contribution in [0.3, 0.4) is 0 Å². The number of carbonyl (C=O) groups excluding carboxylic acids is 3. The van der Waals surface area contributed by atoms with E-state index in [1.807, 2.05) is 62.4 Å². The van der Waals surface area contributed by atoms with Gasteiger partial charge in [-0.1, -0.05) is 48.0 Å². The van der Waals surface area contributed by atoms with Gasteiger partial charge in [0.15, 0.2) is 6.61 Å². The molecule has 0 unspecified atom stereocenters. The fourth-order valence-corrected chi connectivity index (χ4v) is 3.20. The molecule has 3 rings (SSSR count).